The first-order valence-corrected chi connectivity index (χ1v) is 6.40. The maximum atomic E-state index is 12.0. The summed E-state index contributed by atoms with van der Waals surface area (Å²) < 4.78 is 1.58. The van der Waals surface area contributed by atoms with Crippen LogP contribution in [-0.4, -0.2) is 25.7 Å². The van der Waals surface area contributed by atoms with Gasteiger partial charge in [-0.15, -0.1) is 0 Å². The fourth-order valence-corrected chi connectivity index (χ4v) is 1.92. The van der Waals surface area contributed by atoms with E-state index in [2.05, 4.69) is 20.4 Å². The molecule has 1 amide bonds. The molecule has 4 N–H and O–H groups in total. The van der Waals surface area contributed by atoms with Crippen molar-refractivity contribution in [3.8, 4) is 5.69 Å². The second-order valence-corrected chi connectivity index (χ2v) is 4.46. The minimum atomic E-state index is -0.252. The topological polar surface area (TPSA) is 102 Å². The van der Waals surface area contributed by atoms with Crippen LogP contribution in [0.4, 0.5) is 5.69 Å². The smallest absolute Gasteiger partial charge is 0.272 e. The highest BCUT2D eigenvalue weighted by Gasteiger charge is 2.11. The van der Waals surface area contributed by atoms with Gasteiger partial charge in [0.2, 0.25) is 0 Å². The normalized spacial score (nSPS) is 10.5. The van der Waals surface area contributed by atoms with E-state index in [1.807, 2.05) is 18.2 Å². The van der Waals surface area contributed by atoms with Gasteiger partial charge in [0.25, 0.3) is 5.91 Å². The second kappa shape index (κ2) is 5.49. The van der Waals surface area contributed by atoms with Gasteiger partial charge < -0.3 is 16.0 Å². The summed E-state index contributed by atoms with van der Waals surface area (Å²) in [5.74, 6) is -0.252. The highest BCUT2D eigenvalue weighted by atomic mass is 16.1. The highest BCUT2D eigenvalue weighted by Crippen LogP contribution is 2.15. The average molecular weight is 282 g/mol. The number of nitrogens with one attached hydrogen (secondary N) is 2. The van der Waals surface area contributed by atoms with Crippen molar-refractivity contribution in [1.82, 2.24) is 25.1 Å². The third-order valence-corrected chi connectivity index (χ3v) is 3.00. The summed E-state index contributed by atoms with van der Waals surface area (Å²) in [4.78, 5) is 18.8. The SMILES string of the molecule is Nc1ccccc1-n1ccc(C(=O)NCc2cnc[nH]2)n1. The molecule has 0 aliphatic rings. The molecule has 0 unspecified atom stereocenters. The minimum absolute atomic E-state index is 0.252. The van der Waals surface area contributed by atoms with Crippen molar-refractivity contribution >= 4 is 11.6 Å². The predicted octanol–water partition coefficient (Wildman–Crippen LogP) is 1.11. The molecule has 3 rings (SSSR count). The largest absolute Gasteiger partial charge is 0.397 e. The lowest BCUT2D eigenvalue weighted by atomic mass is 10.3. The molecule has 0 spiro atoms. The van der Waals surface area contributed by atoms with E-state index in [1.165, 1.54) is 0 Å². The van der Waals surface area contributed by atoms with E-state index < -0.39 is 0 Å². The van der Waals surface area contributed by atoms with Gasteiger partial charge in [-0.3, -0.25) is 4.79 Å². The molecular formula is C14H14N6O. The monoisotopic (exact) mass is 282 g/mol. The van der Waals surface area contributed by atoms with Gasteiger partial charge in [-0.2, -0.15) is 5.10 Å². The van der Waals surface area contributed by atoms with Crippen LogP contribution in [0.15, 0.2) is 49.1 Å². The Labute approximate surface area is 120 Å². The number of para-hydroxylation sites is 2. The predicted molar refractivity (Wildman–Crippen MR) is 77.7 cm³/mol. The zero-order valence-electron chi connectivity index (χ0n) is 11.2. The first-order valence-electron chi connectivity index (χ1n) is 6.40. The van der Waals surface area contributed by atoms with Gasteiger partial charge in [0.15, 0.2) is 5.69 Å². The standard InChI is InChI=1S/C14H14N6O/c15-11-3-1-2-4-13(11)20-6-5-12(19-20)14(21)17-8-10-7-16-9-18-10/h1-7,9H,8,15H2,(H,16,18)(H,17,21). The number of imidazole rings is 1. The number of aromatic amines is 1. The maximum absolute atomic E-state index is 12.0. The van der Waals surface area contributed by atoms with Crippen molar-refractivity contribution in [2.24, 2.45) is 0 Å². The Balaban J connectivity index is 1.73. The molecular weight excluding hydrogens is 268 g/mol. The number of nitrogens with two attached hydrogens (primary N) is 1. The lowest BCUT2D eigenvalue weighted by Gasteiger charge is -2.04. The van der Waals surface area contributed by atoms with Crippen LogP contribution >= 0.6 is 0 Å². The van der Waals surface area contributed by atoms with Crippen LogP contribution in [0.3, 0.4) is 0 Å². The maximum Gasteiger partial charge on any atom is 0.272 e. The minimum Gasteiger partial charge on any atom is -0.397 e. The van der Waals surface area contributed by atoms with Gasteiger partial charge in [0, 0.05) is 12.4 Å². The van der Waals surface area contributed by atoms with Crippen LogP contribution in [-0.2, 0) is 6.54 Å². The van der Waals surface area contributed by atoms with Crippen molar-refractivity contribution in [2.45, 2.75) is 6.54 Å². The van der Waals surface area contributed by atoms with Crippen LogP contribution < -0.4 is 11.1 Å². The van der Waals surface area contributed by atoms with Crippen molar-refractivity contribution in [1.29, 1.82) is 0 Å². The average Bonchev–Trinajstić information content (AvgIpc) is 3.17. The van der Waals surface area contributed by atoms with Crippen molar-refractivity contribution in [2.75, 3.05) is 5.73 Å². The number of aromatic nitrogens is 4. The van der Waals surface area contributed by atoms with E-state index in [-0.39, 0.29) is 5.91 Å². The first-order chi connectivity index (χ1) is 10.2. The summed E-state index contributed by atoms with van der Waals surface area (Å²) in [7, 11) is 0. The molecule has 0 fully saturated rings. The van der Waals surface area contributed by atoms with Crippen LogP contribution in [0, 0.1) is 0 Å². The summed E-state index contributed by atoms with van der Waals surface area (Å²) in [5.41, 5.74) is 8.39. The van der Waals surface area contributed by atoms with Crippen molar-refractivity contribution in [3.63, 3.8) is 0 Å². The van der Waals surface area contributed by atoms with Gasteiger partial charge in [-0.05, 0) is 18.2 Å². The number of carbonyl (C=O) groups is 1. The van der Waals surface area contributed by atoms with Crippen LogP contribution in [0.1, 0.15) is 16.2 Å². The van der Waals surface area contributed by atoms with E-state index in [0.717, 1.165) is 11.4 Å². The number of hydrogen-bond acceptors (Lipinski definition) is 4. The fraction of sp³-hybridized carbons (Fsp3) is 0.0714. The molecule has 0 aliphatic carbocycles. The zero-order chi connectivity index (χ0) is 14.7. The van der Waals surface area contributed by atoms with Crippen LogP contribution in [0.5, 0.6) is 0 Å². The highest BCUT2D eigenvalue weighted by molar-refractivity contribution is 5.92. The van der Waals surface area contributed by atoms with E-state index in [9.17, 15) is 4.79 Å². The lowest BCUT2D eigenvalue weighted by Crippen LogP contribution is -2.23. The molecule has 0 aliphatic heterocycles. The molecule has 0 saturated heterocycles. The van der Waals surface area contributed by atoms with Gasteiger partial charge in [-0.1, -0.05) is 12.1 Å². The van der Waals surface area contributed by atoms with Crippen molar-refractivity contribution < 1.29 is 4.79 Å². The van der Waals surface area contributed by atoms with E-state index in [1.54, 1.807) is 35.5 Å². The molecule has 1 aromatic carbocycles. The Hall–Kier alpha value is -3.09. The van der Waals surface area contributed by atoms with Crippen LogP contribution in [0.25, 0.3) is 5.69 Å². The Kier molecular flexibility index (Phi) is 3.38. The molecule has 2 heterocycles. The Morgan fingerprint density at radius 3 is 2.95 bits per heavy atom. The second-order valence-electron chi connectivity index (χ2n) is 4.46. The third kappa shape index (κ3) is 2.76. The number of hydrogen-bond donors (Lipinski definition) is 3. The molecule has 3 aromatic rings. The van der Waals surface area contributed by atoms with E-state index in [4.69, 9.17) is 5.73 Å². The van der Waals surface area contributed by atoms with E-state index in [0.29, 0.717) is 17.9 Å². The summed E-state index contributed by atoms with van der Waals surface area (Å²) >= 11 is 0. The molecule has 0 saturated carbocycles. The number of H-pyrrole nitrogens is 1. The van der Waals surface area contributed by atoms with Gasteiger partial charge in [0.05, 0.1) is 29.9 Å². The van der Waals surface area contributed by atoms with Gasteiger partial charge in [0.1, 0.15) is 0 Å². The number of carbonyl (C=O) groups excluding carboxylic acids is 1. The number of amides is 1. The molecule has 0 radical (unpaired) electrons. The lowest BCUT2D eigenvalue weighted by molar-refractivity contribution is 0.0945. The summed E-state index contributed by atoms with van der Waals surface area (Å²) in [6, 6.07) is 8.99. The Morgan fingerprint density at radius 1 is 1.33 bits per heavy atom. The van der Waals surface area contributed by atoms with Crippen molar-refractivity contribution in [3.05, 3.63) is 60.4 Å². The summed E-state index contributed by atoms with van der Waals surface area (Å²) in [6.07, 6.45) is 4.93. The first kappa shape index (κ1) is 12.9. The van der Waals surface area contributed by atoms with Gasteiger partial charge >= 0.3 is 0 Å². The Bertz CT molecular complexity index is 746. The molecule has 106 valence electrons. The quantitative estimate of drug-likeness (QED) is 0.624. The number of nitrogen functional groups attached to an aromatic ring is 1. The molecule has 0 atom stereocenters. The number of anilines is 1. The summed E-state index contributed by atoms with van der Waals surface area (Å²) in [5, 5.41) is 7.00. The molecule has 2 aromatic heterocycles. The van der Waals surface area contributed by atoms with Gasteiger partial charge in [-0.25, -0.2) is 9.67 Å². The zero-order valence-corrected chi connectivity index (χ0v) is 11.2. The molecule has 0 bridgehead atoms. The molecule has 7 nitrogen and oxygen atoms in total. The molecule has 21 heavy (non-hydrogen) atoms. The third-order valence-electron chi connectivity index (χ3n) is 3.00. The number of rotatable bonds is 4. The van der Waals surface area contributed by atoms with Crippen LogP contribution in [0.2, 0.25) is 0 Å². The Morgan fingerprint density at radius 2 is 2.19 bits per heavy atom. The molecule has 7 heteroatoms. The summed E-state index contributed by atoms with van der Waals surface area (Å²) in [6.45, 7) is 0.374. The number of nitrogens with zero attached hydrogens (tertiary/aromatic N) is 3. The number of benzene rings is 1. The van der Waals surface area contributed by atoms with E-state index >= 15 is 0 Å². The fourth-order valence-electron chi connectivity index (χ4n) is 1.92.